The molecule has 0 unspecified atom stereocenters. The van der Waals surface area contributed by atoms with Crippen LogP contribution in [0.15, 0.2) is 41.3 Å². The second-order valence-corrected chi connectivity index (χ2v) is 7.16. The van der Waals surface area contributed by atoms with E-state index in [1.54, 1.807) is 36.4 Å². The zero-order valence-electron chi connectivity index (χ0n) is 13.6. The van der Waals surface area contributed by atoms with Crippen LogP contribution in [0.5, 0.6) is 23.0 Å². The highest BCUT2D eigenvalue weighted by molar-refractivity contribution is 8.27. The van der Waals surface area contributed by atoms with Gasteiger partial charge in [0.2, 0.25) is 6.79 Å². The van der Waals surface area contributed by atoms with Gasteiger partial charge < -0.3 is 19.3 Å². The number of phenols is 1. The van der Waals surface area contributed by atoms with E-state index in [4.69, 9.17) is 26.4 Å². The summed E-state index contributed by atoms with van der Waals surface area (Å²) in [6.45, 7) is 0.165. The largest absolute Gasteiger partial charge is 0.504 e. The summed E-state index contributed by atoms with van der Waals surface area (Å²) in [6.07, 6.45) is 1.69. The van der Waals surface area contributed by atoms with Crippen molar-refractivity contribution in [2.24, 2.45) is 0 Å². The number of methoxy groups -OCH3 is 1. The van der Waals surface area contributed by atoms with Crippen molar-refractivity contribution in [1.29, 1.82) is 0 Å². The molecule has 0 aliphatic carbocycles. The van der Waals surface area contributed by atoms with Gasteiger partial charge >= 0.3 is 0 Å². The first kappa shape index (κ1) is 16.7. The third-order valence-electron chi connectivity index (χ3n) is 3.91. The summed E-state index contributed by atoms with van der Waals surface area (Å²) >= 11 is 6.58. The Morgan fingerprint density at radius 3 is 2.81 bits per heavy atom. The van der Waals surface area contributed by atoms with Crippen molar-refractivity contribution in [1.82, 2.24) is 0 Å². The third-order valence-corrected chi connectivity index (χ3v) is 5.21. The summed E-state index contributed by atoms with van der Waals surface area (Å²) in [5.74, 6) is 1.38. The third kappa shape index (κ3) is 2.87. The minimum Gasteiger partial charge on any atom is -0.504 e. The molecule has 0 saturated carbocycles. The number of benzene rings is 2. The van der Waals surface area contributed by atoms with Gasteiger partial charge in [0.05, 0.1) is 17.7 Å². The molecular formula is C18H13NO5S2. The highest BCUT2D eigenvalue weighted by atomic mass is 32.2. The van der Waals surface area contributed by atoms with Crippen LogP contribution in [0.2, 0.25) is 0 Å². The van der Waals surface area contributed by atoms with Crippen molar-refractivity contribution in [3.05, 3.63) is 46.9 Å². The average molecular weight is 387 g/mol. The van der Waals surface area contributed by atoms with Crippen LogP contribution in [0.4, 0.5) is 5.69 Å². The quantitative estimate of drug-likeness (QED) is 0.638. The first-order valence-electron chi connectivity index (χ1n) is 7.61. The molecule has 2 aromatic carbocycles. The van der Waals surface area contributed by atoms with Crippen LogP contribution in [0.3, 0.4) is 0 Å². The van der Waals surface area contributed by atoms with E-state index < -0.39 is 0 Å². The maximum Gasteiger partial charge on any atom is 0.270 e. The van der Waals surface area contributed by atoms with Gasteiger partial charge in [0.15, 0.2) is 27.3 Å². The SMILES string of the molecule is COc1ccc(C=C2SC(=S)N(c3ccc4c(c3)OCO4)C2=O)cc1O. The van der Waals surface area contributed by atoms with Crippen molar-refractivity contribution in [3.63, 3.8) is 0 Å². The second-order valence-electron chi connectivity index (χ2n) is 5.49. The van der Waals surface area contributed by atoms with E-state index in [0.29, 0.717) is 37.7 Å². The summed E-state index contributed by atoms with van der Waals surface area (Å²) < 4.78 is 16.1. The number of rotatable bonds is 3. The second kappa shape index (κ2) is 6.54. The molecule has 6 nitrogen and oxygen atoms in total. The van der Waals surface area contributed by atoms with Crippen LogP contribution < -0.4 is 19.1 Å². The lowest BCUT2D eigenvalue weighted by atomic mass is 10.2. The number of thioether (sulfide) groups is 1. The summed E-state index contributed by atoms with van der Waals surface area (Å²) in [5, 5.41) is 9.89. The number of amides is 1. The number of aromatic hydroxyl groups is 1. The lowest BCUT2D eigenvalue weighted by Crippen LogP contribution is -2.27. The molecule has 1 N–H and O–H groups in total. The summed E-state index contributed by atoms with van der Waals surface area (Å²) in [6, 6.07) is 10.2. The first-order chi connectivity index (χ1) is 12.6. The number of hydrogen-bond acceptors (Lipinski definition) is 7. The van der Waals surface area contributed by atoms with E-state index in [2.05, 4.69) is 0 Å². The van der Waals surface area contributed by atoms with Crippen LogP contribution in [0.1, 0.15) is 5.56 Å². The number of carbonyl (C=O) groups excluding carboxylic acids is 1. The predicted octanol–water partition coefficient (Wildman–Crippen LogP) is 3.54. The number of carbonyl (C=O) groups is 1. The Kier molecular flexibility index (Phi) is 4.21. The molecule has 1 amide bonds. The topological polar surface area (TPSA) is 68.2 Å². The Labute approximate surface area is 159 Å². The zero-order valence-corrected chi connectivity index (χ0v) is 15.2. The number of fused-ring (bicyclic) bond motifs is 1. The van der Waals surface area contributed by atoms with Gasteiger partial charge in [0, 0.05) is 6.07 Å². The number of ether oxygens (including phenoxy) is 3. The standard InChI is InChI=1S/C18H13NO5S2/c1-22-13-4-2-10(6-12(13)20)7-16-17(21)19(18(25)26-16)11-3-5-14-15(8-11)24-9-23-14/h2-8,20H,9H2,1H3. The van der Waals surface area contributed by atoms with Crippen molar-refractivity contribution < 1.29 is 24.1 Å². The lowest BCUT2D eigenvalue weighted by Gasteiger charge is -2.14. The minimum absolute atomic E-state index is 0.00694. The molecule has 0 aromatic heterocycles. The molecule has 2 heterocycles. The van der Waals surface area contributed by atoms with E-state index >= 15 is 0 Å². The summed E-state index contributed by atoms with van der Waals surface area (Å²) in [5.41, 5.74) is 1.30. The van der Waals surface area contributed by atoms with Gasteiger partial charge in [-0.05, 0) is 35.9 Å². The molecule has 1 fully saturated rings. The Hall–Kier alpha value is -2.71. The van der Waals surface area contributed by atoms with Crippen molar-refractivity contribution in [2.45, 2.75) is 0 Å². The van der Waals surface area contributed by atoms with E-state index in [9.17, 15) is 9.90 Å². The highest BCUT2D eigenvalue weighted by Gasteiger charge is 2.34. The molecule has 132 valence electrons. The molecule has 4 rings (SSSR count). The average Bonchev–Trinajstić information content (AvgIpc) is 3.19. The van der Waals surface area contributed by atoms with E-state index in [1.807, 2.05) is 0 Å². The molecule has 26 heavy (non-hydrogen) atoms. The molecule has 0 atom stereocenters. The number of hydrogen-bond donors (Lipinski definition) is 1. The molecule has 2 aliphatic rings. The van der Waals surface area contributed by atoms with Crippen molar-refractivity contribution in [3.8, 4) is 23.0 Å². The Bertz CT molecular complexity index is 957. The molecule has 0 spiro atoms. The van der Waals surface area contributed by atoms with Gasteiger partial charge in [0.25, 0.3) is 5.91 Å². The first-order valence-corrected chi connectivity index (χ1v) is 8.84. The van der Waals surface area contributed by atoms with E-state index in [1.165, 1.54) is 29.8 Å². The molecule has 8 heteroatoms. The fraction of sp³-hybridized carbons (Fsp3) is 0.111. The molecule has 0 radical (unpaired) electrons. The maximum atomic E-state index is 12.8. The van der Waals surface area contributed by atoms with Gasteiger partial charge in [0.1, 0.15) is 0 Å². The maximum absolute atomic E-state index is 12.8. The van der Waals surface area contributed by atoms with Gasteiger partial charge in [-0.15, -0.1) is 0 Å². The molecule has 1 saturated heterocycles. The van der Waals surface area contributed by atoms with Crippen LogP contribution in [-0.4, -0.2) is 29.2 Å². The highest BCUT2D eigenvalue weighted by Crippen LogP contribution is 2.41. The normalized spacial score (nSPS) is 17.3. The van der Waals surface area contributed by atoms with Crippen LogP contribution in [0, 0.1) is 0 Å². The van der Waals surface area contributed by atoms with Gasteiger partial charge in [-0.3, -0.25) is 9.69 Å². The van der Waals surface area contributed by atoms with Gasteiger partial charge in [-0.1, -0.05) is 30.0 Å². The van der Waals surface area contributed by atoms with Crippen molar-refractivity contribution >= 4 is 46.0 Å². The molecule has 2 aliphatic heterocycles. The Morgan fingerprint density at radius 2 is 2.04 bits per heavy atom. The molecular weight excluding hydrogens is 374 g/mol. The minimum atomic E-state index is -0.228. The number of anilines is 1. The van der Waals surface area contributed by atoms with Crippen LogP contribution >= 0.6 is 24.0 Å². The van der Waals surface area contributed by atoms with Gasteiger partial charge in [-0.2, -0.15) is 0 Å². The zero-order chi connectivity index (χ0) is 18.3. The lowest BCUT2D eigenvalue weighted by molar-refractivity contribution is -0.113. The van der Waals surface area contributed by atoms with Gasteiger partial charge in [-0.25, -0.2) is 0 Å². The number of thiocarbonyl (C=S) groups is 1. The Balaban J connectivity index is 1.64. The van der Waals surface area contributed by atoms with Crippen LogP contribution in [-0.2, 0) is 4.79 Å². The summed E-state index contributed by atoms with van der Waals surface area (Å²) in [7, 11) is 1.48. The number of nitrogens with zero attached hydrogens (tertiary/aromatic N) is 1. The molecule has 2 aromatic rings. The fourth-order valence-corrected chi connectivity index (χ4v) is 3.96. The van der Waals surface area contributed by atoms with Crippen LogP contribution in [0.25, 0.3) is 6.08 Å². The van der Waals surface area contributed by atoms with E-state index in [0.717, 1.165) is 0 Å². The monoisotopic (exact) mass is 387 g/mol. The predicted molar refractivity (Wildman–Crippen MR) is 103 cm³/mol. The summed E-state index contributed by atoms with van der Waals surface area (Å²) in [4.78, 5) is 14.7. The number of phenolic OH excluding ortho intramolecular Hbond substituents is 1. The smallest absolute Gasteiger partial charge is 0.270 e. The fourth-order valence-electron chi connectivity index (χ4n) is 2.66. The van der Waals surface area contributed by atoms with Crippen molar-refractivity contribution in [2.75, 3.05) is 18.8 Å². The Morgan fingerprint density at radius 1 is 1.23 bits per heavy atom. The van der Waals surface area contributed by atoms with E-state index in [-0.39, 0.29) is 18.4 Å². The molecule has 0 bridgehead atoms.